The van der Waals surface area contributed by atoms with Crippen LogP contribution in [0, 0.1) is 0 Å². The van der Waals surface area contributed by atoms with Gasteiger partial charge in [0, 0.05) is 12.6 Å². The lowest BCUT2D eigenvalue weighted by molar-refractivity contribution is -0.121. The maximum Gasteiger partial charge on any atom is 0.341 e. The van der Waals surface area contributed by atoms with Crippen LogP contribution in [0.25, 0.3) is 0 Å². The van der Waals surface area contributed by atoms with Gasteiger partial charge in [0.2, 0.25) is 15.7 Å². The Morgan fingerprint density at radius 1 is 1.32 bits per heavy atom. The van der Waals surface area contributed by atoms with Crippen molar-refractivity contribution in [2.24, 2.45) is 0 Å². The van der Waals surface area contributed by atoms with Crippen molar-refractivity contribution in [2.75, 3.05) is 13.1 Å². The van der Waals surface area contributed by atoms with E-state index in [9.17, 15) is 22.0 Å². The summed E-state index contributed by atoms with van der Waals surface area (Å²) in [4.78, 5) is 11.5. The van der Waals surface area contributed by atoms with Gasteiger partial charge in [-0.05, 0) is 37.1 Å². The topological polar surface area (TPSA) is 75.3 Å². The number of hydrogen-bond donors (Lipinski definition) is 2. The van der Waals surface area contributed by atoms with Crippen molar-refractivity contribution in [1.29, 1.82) is 0 Å². The van der Waals surface area contributed by atoms with Crippen molar-refractivity contribution in [3.8, 4) is 0 Å². The number of halogens is 2. The van der Waals surface area contributed by atoms with Crippen LogP contribution in [0.5, 0.6) is 0 Å². The molecule has 1 aromatic carbocycles. The molecule has 2 N–H and O–H groups in total. The van der Waals surface area contributed by atoms with Gasteiger partial charge in [-0.25, -0.2) is 8.42 Å². The average molecular weight is 332 g/mol. The molecule has 1 fully saturated rings. The Balaban J connectivity index is 1.95. The van der Waals surface area contributed by atoms with Crippen LogP contribution in [-0.2, 0) is 21.1 Å². The zero-order valence-electron chi connectivity index (χ0n) is 11.9. The van der Waals surface area contributed by atoms with Crippen molar-refractivity contribution < 1.29 is 22.0 Å². The standard InChI is InChI=1S/C14H18F2N2O3S/c15-14(16)22(20,21)12-5-3-10(4-6-12)8-13(19)18-11-2-1-7-17-9-11/h3-6,11,14,17H,1-2,7-9H2,(H,18,19). The molecule has 1 aliphatic heterocycles. The molecule has 8 heteroatoms. The summed E-state index contributed by atoms with van der Waals surface area (Å²) in [6.07, 6.45) is 2.01. The Labute approximate surface area is 128 Å². The van der Waals surface area contributed by atoms with Crippen LogP contribution in [0.1, 0.15) is 18.4 Å². The summed E-state index contributed by atoms with van der Waals surface area (Å²) in [5.41, 5.74) is 0.578. The number of rotatable bonds is 5. The van der Waals surface area contributed by atoms with Crippen LogP contribution in [0.3, 0.4) is 0 Å². The van der Waals surface area contributed by atoms with E-state index in [1.807, 2.05) is 0 Å². The molecule has 1 unspecified atom stereocenters. The van der Waals surface area contributed by atoms with E-state index in [4.69, 9.17) is 0 Å². The van der Waals surface area contributed by atoms with E-state index in [1.165, 1.54) is 12.1 Å². The van der Waals surface area contributed by atoms with Gasteiger partial charge in [0.1, 0.15) is 0 Å². The Bertz CT molecular complexity index is 611. The number of sulfone groups is 1. The third kappa shape index (κ3) is 4.23. The first kappa shape index (κ1) is 16.8. The largest absolute Gasteiger partial charge is 0.352 e. The summed E-state index contributed by atoms with van der Waals surface area (Å²) >= 11 is 0. The maximum absolute atomic E-state index is 12.4. The molecule has 0 spiro atoms. The second kappa shape index (κ2) is 7.15. The molecule has 0 bridgehead atoms. The highest BCUT2D eigenvalue weighted by Crippen LogP contribution is 2.18. The lowest BCUT2D eigenvalue weighted by Gasteiger charge is -2.23. The molecule has 0 aromatic heterocycles. The van der Waals surface area contributed by atoms with E-state index in [-0.39, 0.29) is 18.4 Å². The predicted octanol–water partition coefficient (Wildman–Crippen LogP) is 1.09. The third-order valence-electron chi connectivity index (χ3n) is 3.51. The maximum atomic E-state index is 12.4. The molecule has 22 heavy (non-hydrogen) atoms. The molecule has 1 aromatic rings. The number of carbonyl (C=O) groups is 1. The predicted molar refractivity (Wildman–Crippen MR) is 77.4 cm³/mol. The summed E-state index contributed by atoms with van der Waals surface area (Å²) in [6, 6.07) is 5.07. The van der Waals surface area contributed by atoms with Crippen LogP contribution in [0.4, 0.5) is 8.78 Å². The molecule has 0 saturated carbocycles. The SMILES string of the molecule is O=C(Cc1ccc(S(=O)(=O)C(F)F)cc1)NC1CCCNC1. The summed E-state index contributed by atoms with van der Waals surface area (Å²) in [5.74, 6) is -3.61. The molecule has 0 radical (unpaired) electrons. The highest BCUT2D eigenvalue weighted by atomic mass is 32.2. The first-order chi connectivity index (χ1) is 10.4. The Morgan fingerprint density at radius 3 is 2.55 bits per heavy atom. The summed E-state index contributed by atoms with van der Waals surface area (Å²) in [7, 11) is -4.59. The van der Waals surface area contributed by atoms with Crippen molar-refractivity contribution in [3.63, 3.8) is 0 Å². The first-order valence-corrected chi connectivity index (χ1v) is 8.55. The van der Waals surface area contributed by atoms with E-state index < -0.39 is 20.5 Å². The molecule has 1 atom stereocenters. The number of benzene rings is 1. The minimum atomic E-state index is -4.59. The number of amides is 1. The van der Waals surface area contributed by atoms with Gasteiger partial charge in [-0.1, -0.05) is 12.1 Å². The second-order valence-corrected chi connectivity index (χ2v) is 7.15. The fourth-order valence-electron chi connectivity index (χ4n) is 2.34. The highest BCUT2D eigenvalue weighted by Gasteiger charge is 2.26. The Morgan fingerprint density at radius 2 is 2.00 bits per heavy atom. The molecule has 0 aliphatic carbocycles. The molecule has 1 saturated heterocycles. The fraction of sp³-hybridized carbons (Fsp3) is 0.500. The minimum Gasteiger partial charge on any atom is -0.352 e. The Kier molecular flexibility index (Phi) is 5.47. The number of carbonyl (C=O) groups excluding carboxylic acids is 1. The van der Waals surface area contributed by atoms with Crippen LogP contribution >= 0.6 is 0 Å². The van der Waals surface area contributed by atoms with Gasteiger partial charge in [0.25, 0.3) is 0 Å². The van der Waals surface area contributed by atoms with Crippen LogP contribution in [0.15, 0.2) is 29.2 Å². The number of piperidine rings is 1. The smallest absolute Gasteiger partial charge is 0.341 e. The van der Waals surface area contributed by atoms with Crippen molar-refractivity contribution in [1.82, 2.24) is 10.6 Å². The van der Waals surface area contributed by atoms with E-state index >= 15 is 0 Å². The van der Waals surface area contributed by atoms with Crippen LogP contribution < -0.4 is 10.6 Å². The summed E-state index contributed by atoms with van der Waals surface area (Å²) in [6.45, 7) is 1.68. The lowest BCUT2D eigenvalue weighted by atomic mass is 10.1. The average Bonchev–Trinajstić information content (AvgIpc) is 2.48. The van der Waals surface area contributed by atoms with Gasteiger partial charge < -0.3 is 10.6 Å². The van der Waals surface area contributed by atoms with Crippen molar-refractivity contribution >= 4 is 15.7 Å². The zero-order valence-corrected chi connectivity index (χ0v) is 12.7. The molecule has 5 nitrogen and oxygen atoms in total. The third-order valence-corrected chi connectivity index (χ3v) is 4.91. The van der Waals surface area contributed by atoms with Crippen molar-refractivity contribution in [2.45, 2.75) is 36.0 Å². The second-order valence-electron chi connectivity index (χ2n) is 5.24. The molecular weight excluding hydrogens is 314 g/mol. The molecule has 1 heterocycles. The van der Waals surface area contributed by atoms with E-state index in [0.717, 1.165) is 38.1 Å². The highest BCUT2D eigenvalue weighted by molar-refractivity contribution is 7.91. The molecule has 2 rings (SSSR count). The van der Waals surface area contributed by atoms with Gasteiger partial charge in [-0.2, -0.15) is 8.78 Å². The molecule has 1 aliphatic rings. The molecule has 122 valence electrons. The van der Waals surface area contributed by atoms with E-state index in [1.54, 1.807) is 0 Å². The van der Waals surface area contributed by atoms with Crippen LogP contribution in [0.2, 0.25) is 0 Å². The zero-order chi connectivity index (χ0) is 16.2. The van der Waals surface area contributed by atoms with Gasteiger partial charge in [0.15, 0.2) is 0 Å². The number of alkyl halides is 2. The van der Waals surface area contributed by atoms with Crippen molar-refractivity contribution in [3.05, 3.63) is 29.8 Å². The quantitative estimate of drug-likeness (QED) is 0.846. The number of hydrogen-bond acceptors (Lipinski definition) is 4. The molecular formula is C14H18F2N2O3S. The first-order valence-electron chi connectivity index (χ1n) is 7.00. The van der Waals surface area contributed by atoms with Crippen LogP contribution in [-0.4, -0.2) is 39.2 Å². The Hall–Kier alpha value is -1.54. The monoisotopic (exact) mass is 332 g/mol. The van der Waals surface area contributed by atoms with Gasteiger partial charge >= 0.3 is 5.76 Å². The fourth-order valence-corrected chi connectivity index (χ4v) is 3.06. The molecule has 1 amide bonds. The van der Waals surface area contributed by atoms with Gasteiger partial charge in [-0.3, -0.25) is 4.79 Å². The summed E-state index contributed by atoms with van der Waals surface area (Å²) in [5, 5.41) is 6.08. The van der Waals surface area contributed by atoms with Gasteiger partial charge in [0.05, 0.1) is 11.3 Å². The lowest BCUT2D eigenvalue weighted by Crippen LogP contribution is -2.46. The van der Waals surface area contributed by atoms with Gasteiger partial charge in [-0.15, -0.1) is 0 Å². The van der Waals surface area contributed by atoms with E-state index in [2.05, 4.69) is 10.6 Å². The summed E-state index contributed by atoms with van der Waals surface area (Å²) < 4.78 is 47.4. The number of nitrogens with one attached hydrogen (secondary N) is 2. The van der Waals surface area contributed by atoms with E-state index in [0.29, 0.717) is 5.56 Å². The normalized spacial score (nSPS) is 19.1. The minimum absolute atomic E-state index is 0.0888.